The van der Waals surface area contributed by atoms with Crippen molar-refractivity contribution >= 4 is 18.4 Å². The van der Waals surface area contributed by atoms with E-state index < -0.39 is 18.4 Å². The van der Waals surface area contributed by atoms with Crippen molar-refractivity contribution in [3.8, 4) is 6.07 Å². The van der Waals surface area contributed by atoms with Gasteiger partial charge in [0, 0.05) is 17.8 Å². The third-order valence-corrected chi connectivity index (χ3v) is 6.80. The third kappa shape index (κ3) is 9.02. The summed E-state index contributed by atoms with van der Waals surface area (Å²) in [5.41, 5.74) is 0. The average molecular weight is 352 g/mol. The quantitative estimate of drug-likeness (QED) is 0.397. The molecule has 6 nitrogen and oxygen atoms in total. The van der Waals surface area contributed by atoms with E-state index in [0.717, 1.165) is 0 Å². The first-order chi connectivity index (χ1) is 10.2. The molecule has 0 aromatic rings. The molecular formula is C14H29N2O4PS. The molecule has 0 aliphatic heterocycles. The van der Waals surface area contributed by atoms with E-state index in [1.807, 2.05) is 40.7 Å². The maximum absolute atomic E-state index is 11.7. The van der Waals surface area contributed by atoms with E-state index in [2.05, 4.69) is 4.67 Å². The smallest absolute Gasteiger partial charge is 0.260 e. The summed E-state index contributed by atoms with van der Waals surface area (Å²) in [4.78, 5) is 0. The lowest BCUT2D eigenvalue weighted by molar-refractivity contribution is 0.186. The highest BCUT2D eigenvalue weighted by molar-refractivity contribution is 7.91. The Morgan fingerprint density at radius 2 is 1.73 bits per heavy atom. The van der Waals surface area contributed by atoms with E-state index in [1.54, 1.807) is 0 Å². The topological polar surface area (TPSA) is 79.6 Å². The van der Waals surface area contributed by atoms with Crippen molar-refractivity contribution in [3.63, 3.8) is 0 Å². The molecule has 130 valence electrons. The van der Waals surface area contributed by atoms with Crippen molar-refractivity contribution in [2.24, 2.45) is 0 Å². The first kappa shape index (κ1) is 21.8. The van der Waals surface area contributed by atoms with Gasteiger partial charge < -0.3 is 9.05 Å². The van der Waals surface area contributed by atoms with Crippen LogP contribution >= 0.6 is 8.53 Å². The van der Waals surface area contributed by atoms with Gasteiger partial charge >= 0.3 is 0 Å². The average Bonchev–Trinajstić information content (AvgIpc) is 2.39. The van der Waals surface area contributed by atoms with Gasteiger partial charge in [0.1, 0.15) is 16.4 Å². The lowest BCUT2D eigenvalue weighted by atomic mass is 10.3. The van der Waals surface area contributed by atoms with Crippen LogP contribution in [0, 0.1) is 11.3 Å². The van der Waals surface area contributed by atoms with Gasteiger partial charge in [0.25, 0.3) is 8.53 Å². The molecule has 0 amide bonds. The number of sulfone groups is 1. The van der Waals surface area contributed by atoms with Gasteiger partial charge in [-0.25, -0.2) is 13.1 Å². The summed E-state index contributed by atoms with van der Waals surface area (Å²) in [5.74, 6) is 0.350. The molecule has 0 saturated carbocycles. The summed E-state index contributed by atoms with van der Waals surface area (Å²) in [7, 11) is -4.33. The Labute approximate surface area is 136 Å². The second-order valence-electron chi connectivity index (χ2n) is 5.58. The fraction of sp³-hybridized carbons (Fsp3) is 0.929. The fourth-order valence-electron chi connectivity index (χ4n) is 2.06. The standard InChI is InChI=1S/C14H29N2O4PS/c1-6-11-22(17,18)12-7-9-19-21(20-10-8-15)16(13(2)3)14(4)5/h13-14H,6-7,9-12H2,1-5H3. The van der Waals surface area contributed by atoms with Crippen LogP contribution in [0.25, 0.3) is 0 Å². The van der Waals surface area contributed by atoms with Crippen LogP contribution in [0.15, 0.2) is 0 Å². The van der Waals surface area contributed by atoms with Crippen molar-refractivity contribution in [2.45, 2.75) is 59.5 Å². The predicted molar refractivity (Wildman–Crippen MR) is 90.1 cm³/mol. The van der Waals surface area contributed by atoms with E-state index in [0.29, 0.717) is 19.4 Å². The summed E-state index contributed by atoms with van der Waals surface area (Å²) in [5, 5.41) is 8.69. The van der Waals surface area contributed by atoms with Crippen LogP contribution in [0.2, 0.25) is 0 Å². The first-order valence-electron chi connectivity index (χ1n) is 7.66. The molecule has 0 radical (unpaired) electrons. The first-order valence-corrected chi connectivity index (χ1v) is 10.6. The lowest BCUT2D eigenvalue weighted by Crippen LogP contribution is -2.33. The summed E-state index contributed by atoms with van der Waals surface area (Å²) in [6, 6.07) is 2.39. The Morgan fingerprint density at radius 1 is 1.14 bits per heavy atom. The molecule has 0 heterocycles. The monoisotopic (exact) mass is 352 g/mol. The minimum Gasteiger partial charge on any atom is -0.322 e. The molecule has 0 rings (SSSR count). The van der Waals surface area contributed by atoms with E-state index >= 15 is 0 Å². The zero-order chi connectivity index (χ0) is 17.2. The molecule has 0 bridgehead atoms. The Balaban J connectivity index is 4.51. The van der Waals surface area contributed by atoms with Crippen LogP contribution in [0.4, 0.5) is 0 Å². The molecule has 0 aromatic heterocycles. The van der Waals surface area contributed by atoms with Gasteiger partial charge in [0.15, 0.2) is 0 Å². The van der Waals surface area contributed by atoms with Gasteiger partial charge in [0.2, 0.25) is 0 Å². The van der Waals surface area contributed by atoms with Gasteiger partial charge in [-0.15, -0.1) is 0 Å². The minimum absolute atomic E-state index is 0.0320. The summed E-state index contributed by atoms with van der Waals surface area (Å²) in [6.45, 7) is 10.3. The highest BCUT2D eigenvalue weighted by Gasteiger charge is 2.27. The molecule has 22 heavy (non-hydrogen) atoms. The fourth-order valence-corrected chi connectivity index (χ4v) is 5.00. The molecule has 1 unspecified atom stereocenters. The van der Waals surface area contributed by atoms with Gasteiger partial charge in [-0.1, -0.05) is 6.92 Å². The Morgan fingerprint density at radius 3 is 2.18 bits per heavy atom. The van der Waals surface area contributed by atoms with Crippen molar-refractivity contribution < 1.29 is 17.5 Å². The van der Waals surface area contributed by atoms with Crippen LogP contribution < -0.4 is 0 Å². The maximum Gasteiger partial charge on any atom is 0.260 e. The second kappa shape index (κ2) is 11.3. The van der Waals surface area contributed by atoms with Gasteiger partial charge in [-0.3, -0.25) is 0 Å². The van der Waals surface area contributed by atoms with Gasteiger partial charge in [0.05, 0.1) is 18.4 Å². The molecule has 0 aliphatic carbocycles. The molecule has 0 aliphatic rings. The van der Waals surface area contributed by atoms with Crippen molar-refractivity contribution in [1.82, 2.24) is 4.67 Å². The number of hydrogen-bond donors (Lipinski definition) is 0. The van der Waals surface area contributed by atoms with Crippen LogP contribution in [0.5, 0.6) is 0 Å². The van der Waals surface area contributed by atoms with Gasteiger partial charge in [-0.05, 0) is 40.5 Å². The molecule has 0 N–H and O–H groups in total. The number of nitriles is 1. The van der Waals surface area contributed by atoms with E-state index in [-0.39, 0.29) is 30.2 Å². The number of rotatable bonds is 12. The Kier molecular flexibility index (Phi) is 11.2. The minimum atomic E-state index is -2.98. The van der Waals surface area contributed by atoms with Crippen molar-refractivity contribution in [3.05, 3.63) is 0 Å². The van der Waals surface area contributed by atoms with Crippen LogP contribution in [-0.4, -0.2) is 49.9 Å². The Bertz CT molecular complexity index is 427. The molecular weight excluding hydrogens is 323 g/mol. The number of hydrogen-bond acceptors (Lipinski definition) is 6. The van der Waals surface area contributed by atoms with Gasteiger partial charge in [-0.2, -0.15) is 5.26 Å². The third-order valence-electron chi connectivity index (χ3n) is 2.80. The molecule has 0 fully saturated rings. The Hall–Kier alpha value is -0.250. The van der Waals surface area contributed by atoms with E-state index in [9.17, 15) is 8.42 Å². The molecule has 8 heteroatoms. The van der Waals surface area contributed by atoms with Crippen LogP contribution in [-0.2, 0) is 18.9 Å². The SMILES string of the molecule is CCCS(=O)(=O)CCCOP(OCC#N)N(C(C)C)C(C)C. The summed E-state index contributed by atoms with van der Waals surface area (Å²) >= 11 is 0. The maximum atomic E-state index is 11.7. The molecule has 1 atom stereocenters. The molecule has 0 saturated heterocycles. The van der Waals surface area contributed by atoms with E-state index in [1.165, 1.54) is 0 Å². The van der Waals surface area contributed by atoms with E-state index in [4.69, 9.17) is 14.3 Å². The zero-order valence-electron chi connectivity index (χ0n) is 14.3. The normalized spacial score (nSPS) is 13.8. The zero-order valence-corrected chi connectivity index (χ0v) is 16.0. The van der Waals surface area contributed by atoms with Crippen LogP contribution in [0.3, 0.4) is 0 Å². The summed E-state index contributed by atoms with van der Waals surface area (Å²) in [6.07, 6.45) is 1.08. The predicted octanol–water partition coefficient (Wildman–Crippen LogP) is 3.10. The number of nitrogens with zero attached hydrogens (tertiary/aromatic N) is 2. The highest BCUT2D eigenvalue weighted by Crippen LogP contribution is 2.45. The highest BCUT2D eigenvalue weighted by atomic mass is 32.2. The second-order valence-corrected chi connectivity index (χ2v) is 9.33. The summed E-state index contributed by atoms with van der Waals surface area (Å²) < 4.78 is 36.7. The van der Waals surface area contributed by atoms with Crippen molar-refractivity contribution in [2.75, 3.05) is 24.7 Å². The molecule has 0 spiro atoms. The largest absolute Gasteiger partial charge is 0.322 e. The molecule has 0 aromatic carbocycles. The van der Waals surface area contributed by atoms with Crippen molar-refractivity contribution in [1.29, 1.82) is 5.26 Å². The van der Waals surface area contributed by atoms with Crippen LogP contribution in [0.1, 0.15) is 47.5 Å². The lowest BCUT2D eigenvalue weighted by Gasteiger charge is -2.35.